The molecular formula is C24H30F3N5O2. The van der Waals surface area contributed by atoms with E-state index in [0.717, 1.165) is 31.2 Å². The van der Waals surface area contributed by atoms with Crippen molar-refractivity contribution in [1.29, 1.82) is 0 Å². The number of nitrogens with zero attached hydrogens (tertiary/aromatic N) is 4. The number of likely N-dealkylation sites (tertiary alicyclic amines) is 1. The molecule has 1 aromatic heterocycles. The van der Waals surface area contributed by atoms with E-state index in [9.17, 15) is 22.8 Å². The molecule has 0 radical (unpaired) electrons. The summed E-state index contributed by atoms with van der Waals surface area (Å²) < 4.78 is 43.7. The van der Waals surface area contributed by atoms with Crippen LogP contribution in [0.15, 0.2) is 18.2 Å². The zero-order chi connectivity index (χ0) is 24.8. The number of imidazole rings is 1. The summed E-state index contributed by atoms with van der Waals surface area (Å²) in [5, 5.41) is 2.80. The Kier molecular flexibility index (Phi) is 6.46. The van der Waals surface area contributed by atoms with E-state index >= 15 is 0 Å². The SMILES string of the molecule is CN1CCCn2c(-c3cc(F)ccc3F)nc(C(=O)NC(C(=O)N3CC(F)C3)C(C)(C)C)c2C1. The molecule has 1 saturated heterocycles. The highest BCUT2D eigenvalue weighted by Crippen LogP contribution is 2.30. The van der Waals surface area contributed by atoms with E-state index in [-0.39, 0.29) is 36.1 Å². The summed E-state index contributed by atoms with van der Waals surface area (Å²) in [5.74, 6) is -2.00. The van der Waals surface area contributed by atoms with Crippen molar-refractivity contribution in [2.75, 3.05) is 26.7 Å². The van der Waals surface area contributed by atoms with Crippen LogP contribution in [0.3, 0.4) is 0 Å². The molecule has 34 heavy (non-hydrogen) atoms. The second-order valence-electron chi connectivity index (χ2n) is 10.2. The van der Waals surface area contributed by atoms with Gasteiger partial charge in [-0.05, 0) is 43.6 Å². The third-order valence-corrected chi connectivity index (χ3v) is 6.34. The smallest absolute Gasteiger partial charge is 0.272 e. The van der Waals surface area contributed by atoms with Crippen LogP contribution in [0.4, 0.5) is 13.2 Å². The van der Waals surface area contributed by atoms with E-state index in [2.05, 4.69) is 10.3 Å². The second-order valence-corrected chi connectivity index (χ2v) is 10.2. The minimum atomic E-state index is -1.05. The van der Waals surface area contributed by atoms with Gasteiger partial charge in [0.1, 0.15) is 29.7 Å². The van der Waals surface area contributed by atoms with Gasteiger partial charge in [-0.2, -0.15) is 0 Å². The van der Waals surface area contributed by atoms with Gasteiger partial charge in [-0.15, -0.1) is 0 Å². The molecule has 2 aliphatic rings. The molecule has 2 amide bonds. The van der Waals surface area contributed by atoms with Gasteiger partial charge in [-0.1, -0.05) is 20.8 Å². The van der Waals surface area contributed by atoms with E-state index in [0.29, 0.717) is 18.8 Å². The van der Waals surface area contributed by atoms with Crippen molar-refractivity contribution in [3.63, 3.8) is 0 Å². The zero-order valence-electron chi connectivity index (χ0n) is 19.9. The lowest BCUT2D eigenvalue weighted by Crippen LogP contribution is -2.61. The molecular weight excluding hydrogens is 447 g/mol. The Hall–Kier alpha value is -2.88. The predicted molar refractivity (Wildman–Crippen MR) is 121 cm³/mol. The van der Waals surface area contributed by atoms with Gasteiger partial charge in [0.25, 0.3) is 5.91 Å². The van der Waals surface area contributed by atoms with Crippen molar-refractivity contribution >= 4 is 11.8 Å². The molecule has 0 aliphatic carbocycles. The van der Waals surface area contributed by atoms with Crippen molar-refractivity contribution < 1.29 is 22.8 Å². The first-order chi connectivity index (χ1) is 16.0. The highest BCUT2D eigenvalue weighted by atomic mass is 19.1. The molecule has 2 aliphatic heterocycles. The molecule has 10 heteroatoms. The summed E-state index contributed by atoms with van der Waals surface area (Å²) in [6.07, 6.45) is -0.309. The zero-order valence-corrected chi connectivity index (χ0v) is 19.9. The molecule has 4 rings (SSSR count). The number of aromatic nitrogens is 2. The van der Waals surface area contributed by atoms with Crippen LogP contribution in [-0.4, -0.2) is 70.1 Å². The fraction of sp³-hybridized carbons (Fsp3) is 0.542. The topological polar surface area (TPSA) is 70.5 Å². The minimum Gasteiger partial charge on any atom is -0.338 e. The van der Waals surface area contributed by atoms with Crippen molar-refractivity contribution in [3.05, 3.63) is 41.2 Å². The maximum atomic E-state index is 14.6. The molecule has 3 heterocycles. The number of amides is 2. The maximum Gasteiger partial charge on any atom is 0.272 e. The number of halogens is 3. The Morgan fingerprint density at radius 3 is 2.53 bits per heavy atom. The number of carbonyl (C=O) groups excluding carboxylic acids is 2. The van der Waals surface area contributed by atoms with E-state index in [1.54, 1.807) is 4.57 Å². The van der Waals surface area contributed by atoms with E-state index in [1.807, 2.05) is 32.7 Å². The first-order valence-electron chi connectivity index (χ1n) is 11.4. The number of fused-ring (bicyclic) bond motifs is 1. The average Bonchev–Trinajstić information content (AvgIpc) is 2.96. The quantitative estimate of drug-likeness (QED) is 0.735. The number of benzene rings is 1. The summed E-state index contributed by atoms with van der Waals surface area (Å²) in [4.78, 5) is 34.3. The van der Waals surface area contributed by atoms with Crippen LogP contribution in [-0.2, 0) is 17.9 Å². The van der Waals surface area contributed by atoms with Crippen LogP contribution in [0, 0.1) is 17.0 Å². The Morgan fingerprint density at radius 1 is 1.18 bits per heavy atom. The van der Waals surface area contributed by atoms with Gasteiger partial charge in [0.15, 0.2) is 5.69 Å². The molecule has 1 atom stereocenters. The fourth-order valence-corrected chi connectivity index (χ4v) is 4.41. The average molecular weight is 478 g/mol. The van der Waals surface area contributed by atoms with Crippen molar-refractivity contribution in [1.82, 2.24) is 24.7 Å². The Bertz CT molecular complexity index is 1100. The Balaban J connectivity index is 1.73. The second kappa shape index (κ2) is 9.05. The summed E-state index contributed by atoms with van der Waals surface area (Å²) in [7, 11) is 1.91. The number of rotatable bonds is 4. The molecule has 1 aromatic carbocycles. The fourth-order valence-electron chi connectivity index (χ4n) is 4.41. The van der Waals surface area contributed by atoms with Gasteiger partial charge in [0.05, 0.1) is 24.3 Å². The van der Waals surface area contributed by atoms with Crippen LogP contribution < -0.4 is 5.32 Å². The van der Waals surface area contributed by atoms with Gasteiger partial charge in [-0.3, -0.25) is 9.59 Å². The van der Waals surface area contributed by atoms with Gasteiger partial charge < -0.3 is 19.7 Å². The van der Waals surface area contributed by atoms with Crippen molar-refractivity contribution in [2.24, 2.45) is 5.41 Å². The van der Waals surface area contributed by atoms with E-state index in [4.69, 9.17) is 0 Å². The lowest BCUT2D eigenvalue weighted by Gasteiger charge is -2.40. The summed E-state index contributed by atoms with van der Waals surface area (Å²) in [6, 6.07) is 2.24. The molecule has 2 aromatic rings. The largest absolute Gasteiger partial charge is 0.338 e. The first-order valence-corrected chi connectivity index (χ1v) is 11.4. The molecule has 0 saturated carbocycles. The predicted octanol–water partition coefficient (Wildman–Crippen LogP) is 2.99. The minimum absolute atomic E-state index is 0.00888. The molecule has 0 spiro atoms. The number of alkyl halides is 1. The van der Waals surface area contributed by atoms with Crippen LogP contribution in [0.1, 0.15) is 43.4 Å². The standard InChI is InChI=1S/C24H30F3N5O2/c1-24(2,3)20(23(34)31-11-15(26)12-31)29-22(33)19-18-13-30(4)8-5-9-32(18)21(28-19)16-10-14(25)6-7-17(16)27/h6-7,10,15,20H,5,8-9,11-13H2,1-4H3,(H,29,33). The van der Waals surface area contributed by atoms with Gasteiger partial charge in [0.2, 0.25) is 5.91 Å². The van der Waals surface area contributed by atoms with Crippen molar-refractivity contribution in [3.8, 4) is 11.4 Å². The van der Waals surface area contributed by atoms with Gasteiger partial charge in [-0.25, -0.2) is 18.2 Å². The summed E-state index contributed by atoms with van der Waals surface area (Å²) >= 11 is 0. The van der Waals surface area contributed by atoms with Crippen molar-refractivity contribution in [2.45, 2.75) is 52.5 Å². The van der Waals surface area contributed by atoms with Gasteiger partial charge in [0, 0.05) is 13.1 Å². The molecule has 1 fully saturated rings. The monoisotopic (exact) mass is 477 g/mol. The molecule has 0 bridgehead atoms. The highest BCUT2D eigenvalue weighted by molar-refractivity contribution is 5.98. The summed E-state index contributed by atoms with van der Waals surface area (Å²) in [6.45, 7) is 7.10. The lowest BCUT2D eigenvalue weighted by molar-refractivity contribution is -0.143. The third-order valence-electron chi connectivity index (χ3n) is 6.34. The van der Waals surface area contributed by atoms with Crippen LogP contribution in [0.25, 0.3) is 11.4 Å². The van der Waals surface area contributed by atoms with Crippen LogP contribution in [0.5, 0.6) is 0 Å². The van der Waals surface area contributed by atoms with E-state index in [1.165, 1.54) is 4.90 Å². The number of nitrogens with one attached hydrogen (secondary N) is 1. The number of hydrogen-bond acceptors (Lipinski definition) is 4. The third kappa shape index (κ3) is 4.68. The first kappa shape index (κ1) is 24.3. The Morgan fingerprint density at radius 2 is 1.88 bits per heavy atom. The molecule has 1 unspecified atom stereocenters. The Labute approximate surface area is 196 Å². The molecule has 184 valence electrons. The maximum absolute atomic E-state index is 14.6. The van der Waals surface area contributed by atoms with Gasteiger partial charge >= 0.3 is 0 Å². The highest BCUT2D eigenvalue weighted by Gasteiger charge is 2.41. The number of carbonyl (C=O) groups is 2. The van der Waals surface area contributed by atoms with E-state index < -0.39 is 35.2 Å². The molecule has 7 nitrogen and oxygen atoms in total. The summed E-state index contributed by atoms with van der Waals surface area (Å²) in [5.41, 5.74) is -0.0209. The lowest BCUT2D eigenvalue weighted by atomic mass is 9.85. The normalized spacial score (nSPS) is 18.1. The number of hydrogen-bond donors (Lipinski definition) is 1. The van der Waals surface area contributed by atoms with Crippen LogP contribution in [0.2, 0.25) is 0 Å². The van der Waals surface area contributed by atoms with Crippen LogP contribution >= 0.6 is 0 Å². The molecule has 1 N–H and O–H groups in total.